The first-order chi connectivity index (χ1) is 19.5. The summed E-state index contributed by atoms with van der Waals surface area (Å²) in [7, 11) is 0. The van der Waals surface area contributed by atoms with E-state index in [1.165, 1.54) is 23.2 Å². The number of aromatic hydroxyl groups is 2. The summed E-state index contributed by atoms with van der Waals surface area (Å²) in [5.41, 5.74) is -0.00677. The van der Waals surface area contributed by atoms with Crippen molar-refractivity contribution < 1.29 is 33.0 Å². The summed E-state index contributed by atoms with van der Waals surface area (Å²) in [4.78, 5) is 30.7. The minimum absolute atomic E-state index is 0.0598. The van der Waals surface area contributed by atoms with E-state index in [9.17, 15) is 33.0 Å². The lowest BCUT2D eigenvalue weighted by Crippen LogP contribution is -2.39. The van der Waals surface area contributed by atoms with Gasteiger partial charge in [0, 0.05) is 36.1 Å². The fourth-order valence-corrected chi connectivity index (χ4v) is 5.07. The second-order valence-corrected chi connectivity index (χ2v) is 9.65. The minimum atomic E-state index is -4.69. The van der Waals surface area contributed by atoms with Crippen LogP contribution in [0.2, 0.25) is 0 Å². The smallest absolute Gasteiger partial charge is 0.416 e. The molecule has 1 aliphatic rings. The number of hydrogen-bond acceptors (Lipinski definition) is 5. The van der Waals surface area contributed by atoms with Gasteiger partial charge < -0.3 is 15.1 Å². The Labute approximate surface area is 233 Å². The maximum absolute atomic E-state index is 14.3. The number of aromatic nitrogens is 2. The van der Waals surface area contributed by atoms with Gasteiger partial charge in [-0.15, -0.1) is 0 Å². The monoisotopic (exact) mass is 564 g/mol. The van der Waals surface area contributed by atoms with E-state index < -0.39 is 41.0 Å². The number of alkyl halides is 3. The number of carbonyl (C=O) groups excluding carboxylic acids is 2. The maximum atomic E-state index is 14.3. The number of carbonyl (C=O) groups is 2. The fraction of sp³-hybridized carbons (Fsp3) is 0.233. The largest absolute Gasteiger partial charge is 0.504 e. The van der Waals surface area contributed by atoms with Crippen LogP contribution in [0.4, 0.5) is 30.2 Å². The molecule has 4 aromatic rings. The van der Waals surface area contributed by atoms with Crippen molar-refractivity contribution in [2.45, 2.75) is 38.9 Å². The zero-order valence-electron chi connectivity index (χ0n) is 22.3. The van der Waals surface area contributed by atoms with Crippen molar-refractivity contribution in [3.05, 3.63) is 84.2 Å². The molecule has 1 aromatic heterocycles. The van der Waals surface area contributed by atoms with Gasteiger partial charge in [-0.2, -0.15) is 18.3 Å². The number of halogens is 3. The van der Waals surface area contributed by atoms with Crippen LogP contribution in [0.3, 0.4) is 0 Å². The quantitative estimate of drug-likeness (QED) is 0.215. The number of para-hydroxylation sites is 1. The predicted octanol–water partition coefficient (Wildman–Crippen LogP) is 6.21. The highest BCUT2D eigenvalue weighted by atomic mass is 19.4. The average molecular weight is 565 g/mol. The second kappa shape index (κ2) is 10.6. The van der Waals surface area contributed by atoms with Crippen LogP contribution in [-0.4, -0.2) is 38.4 Å². The molecule has 0 bridgehead atoms. The molecular weight excluding hydrogens is 537 g/mol. The molecule has 3 aromatic carbocycles. The van der Waals surface area contributed by atoms with Gasteiger partial charge in [-0.3, -0.25) is 19.2 Å². The molecule has 2 heterocycles. The van der Waals surface area contributed by atoms with Gasteiger partial charge in [0.15, 0.2) is 11.5 Å². The third-order valence-electron chi connectivity index (χ3n) is 6.99. The van der Waals surface area contributed by atoms with Crippen molar-refractivity contribution in [1.82, 2.24) is 9.78 Å². The number of amides is 2. The molecule has 0 saturated heterocycles. The van der Waals surface area contributed by atoms with Crippen molar-refractivity contribution >= 4 is 28.9 Å². The van der Waals surface area contributed by atoms with Crippen LogP contribution in [-0.2, 0) is 22.3 Å². The number of phenols is 2. The van der Waals surface area contributed by atoms with Gasteiger partial charge in [-0.05, 0) is 61.4 Å². The summed E-state index contributed by atoms with van der Waals surface area (Å²) in [6.07, 6.45) is -0.717. The Morgan fingerprint density at radius 2 is 1.66 bits per heavy atom. The Balaban J connectivity index is 1.73. The molecule has 11 heteroatoms. The van der Waals surface area contributed by atoms with E-state index in [1.54, 1.807) is 48.1 Å². The summed E-state index contributed by atoms with van der Waals surface area (Å²) >= 11 is 0. The zero-order valence-corrected chi connectivity index (χ0v) is 22.3. The lowest BCUT2D eigenvalue weighted by atomic mass is 9.92. The predicted molar refractivity (Wildman–Crippen MR) is 147 cm³/mol. The van der Waals surface area contributed by atoms with Crippen molar-refractivity contribution in [3.63, 3.8) is 0 Å². The minimum Gasteiger partial charge on any atom is -0.504 e. The molecule has 8 nitrogen and oxygen atoms in total. The zero-order chi connectivity index (χ0) is 29.5. The highest BCUT2D eigenvalue weighted by molar-refractivity contribution is 6.23. The summed E-state index contributed by atoms with van der Waals surface area (Å²) in [6.45, 7) is 4.30. The fourth-order valence-electron chi connectivity index (χ4n) is 5.07. The molecule has 0 radical (unpaired) electrons. The molecule has 41 heavy (non-hydrogen) atoms. The number of nitrogens with zero attached hydrogens (tertiary/aromatic N) is 4. The molecular formula is C30H27F3N4O4. The third kappa shape index (κ3) is 4.99. The number of fused-ring (bicyclic) bond motifs is 1. The lowest BCUT2D eigenvalue weighted by Gasteiger charge is -2.26. The van der Waals surface area contributed by atoms with Crippen molar-refractivity contribution in [3.8, 4) is 22.6 Å². The van der Waals surface area contributed by atoms with E-state index in [1.807, 2.05) is 6.92 Å². The van der Waals surface area contributed by atoms with Crippen molar-refractivity contribution in [1.29, 1.82) is 0 Å². The molecule has 0 fully saturated rings. The topological polar surface area (TPSA) is 98.9 Å². The Hall–Kier alpha value is -4.80. The molecule has 212 valence electrons. The van der Waals surface area contributed by atoms with Crippen LogP contribution in [0.15, 0.2) is 73.1 Å². The van der Waals surface area contributed by atoms with Gasteiger partial charge in [-0.1, -0.05) is 25.1 Å². The average Bonchev–Trinajstić information content (AvgIpc) is 3.37. The van der Waals surface area contributed by atoms with Crippen molar-refractivity contribution in [2.24, 2.45) is 0 Å². The SMILES string of the molecule is CCCn1cc(-c2cc(C3C(=O)N(CC)c4ccc(C(F)(F)F)cc4N(c4ccccc4)C3=O)cc(O)c2O)cn1. The highest BCUT2D eigenvalue weighted by Crippen LogP contribution is 2.46. The molecule has 1 aliphatic heterocycles. The van der Waals surface area contributed by atoms with Crippen LogP contribution in [0.1, 0.15) is 37.3 Å². The van der Waals surface area contributed by atoms with Crippen molar-refractivity contribution in [2.75, 3.05) is 16.3 Å². The Morgan fingerprint density at radius 1 is 0.927 bits per heavy atom. The lowest BCUT2D eigenvalue weighted by molar-refractivity contribution is -0.137. The first kappa shape index (κ1) is 27.8. The Bertz CT molecular complexity index is 1620. The number of rotatable bonds is 6. The third-order valence-corrected chi connectivity index (χ3v) is 6.99. The van der Waals surface area contributed by atoms with E-state index in [-0.39, 0.29) is 34.7 Å². The van der Waals surface area contributed by atoms with Gasteiger partial charge in [0.05, 0.1) is 23.1 Å². The number of aryl methyl sites for hydroxylation is 1. The number of hydrogen-bond donors (Lipinski definition) is 2. The van der Waals surface area contributed by atoms with Crippen LogP contribution in [0, 0.1) is 0 Å². The number of benzene rings is 3. The highest BCUT2D eigenvalue weighted by Gasteiger charge is 2.43. The Kier molecular flexibility index (Phi) is 7.20. The van der Waals surface area contributed by atoms with Gasteiger partial charge in [0.1, 0.15) is 5.92 Å². The number of anilines is 3. The van der Waals surface area contributed by atoms with Gasteiger partial charge in [0.25, 0.3) is 0 Å². The first-order valence-corrected chi connectivity index (χ1v) is 13.1. The van der Waals surface area contributed by atoms with E-state index in [0.717, 1.165) is 29.5 Å². The molecule has 0 saturated carbocycles. The molecule has 1 atom stereocenters. The Morgan fingerprint density at radius 3 is 2.32 bits per heavy atom. The van der Waals surface area contributed by atoms with E-state index in [0.29, 0.717) is 12.1 Å². The van der Waals surface area contributed by atoms with E-state index in [4.69, 9.17) is 0 Å². The molecule has 0 spiro atoms. The standard InChI is InChI=1S/C30H27F3N4O4/c1-3-12-35-17-19(16-34-35)22-13-18(14-25(38)27(22)39)26-28(40)36(4-2)23-11-10-20(30(31,32)33)15-24(23)37(29(26)41)21-8-6-5-7-9-21/h5-11,13-17,26,38-39H,3-4,12H2,1-2H3. The number of phenolic OH excluding ortho intramolecular Hbond substituents is 2. The normalized spacial score (nSPS) is 15.7. The summed E-state index contributed by atoms with van der Waals surface area (Å²) in [5, 5.41) is 25.6. The van der Waals surface area contributed by atoms with Crippen LogP contribution >= 0.6 is 0 Å². The first-order valence-electron chi connectivity index (χ1n) is 13.1. The van der Waals surface area contributed by atoms with E-state index >= 15 is 0 Å². The van der Waals surface area contributed by atoms with Crippen LogP contribution < -0.4 is 9.80 Å². The van der Waals surface area contributed by atoms with Gasteiger partial charge in [0.2, 0.25) is 11.8 Å². The second-order valence-electron chi connectivity index (χ2n) is 9.65. The van der Waals surface area contributed by atoms with Gasteiger partial charge >= 0.3 is 6.18 Å². The van der Waals surface area contributed by atoms with E-state index in [2.05, 4.69) is 5.10 Å². The summed E-state index contributed by atoms with van der Waals surface area (Å²) < 4.78 is 43.0. The molecule has 2 N–H and O–H groups in total. The summed E-state index contributed by atoms with van der Waals surface area (Å²) in [6, 6.07) is 13.6. The van der Waals surface area contributed by atoms with Gasteiger partial charge in [-0.25, -0.2) is 0 Å². The van der Waals surface area contributed by atoms with Crippen LogP contribution in [0.5, 0.6) is 11.5 Å². The number of likely N-dealkylation sites (N-methyl/N-ethyl adjacent to an activating group) is 1. The molecule has 1 unspecified atom stereocenters. The molecule has 0 aliphatic carbocycles. The maximum Gasteiger partial charge on any atom is 0.416 e. The molecule has 2 amide bonds. The summed E-state index contributed by atoms with van der Waals surface area (Å²) in [5.74, 6) is -4.06. The van der Waals surface area contributed by atoms with Crippen LogP contribution in [0.25, 0.3) is 11.1 Å². The molecule has 5 rings (SSSR count).